The minimum Gasteiger partial charge on any atom is -0.444 e. The molecule has 0 saturated heterocycles. The maximum absolute atomic E-state index is 11.8. The number of hydrogen-bond acceptors (Lipinski definition) is 4. The maximum atomic E-state index is 11.8. The van der Waals surface area contributed by atoms with Gasteiger partial charge in [0.05, 0.1) is 6.04 Å². The zero-order valence-corrected chi connectivity index (χ0v) is 10.5. The van der Waals surface area contributed by atoms with Crippen LogP contribution in [-0.4, -0.2) is 23.0 Å². The molecule has 0 spiro atoms. The lowest BCUT2D eigenvalue weighted by atomic mass is 10.1. The van der Waals surface area contributed by atoms with E-state index >= 15 is 0 Å². The van der Waals surface area contributed by atoms with Gasteiger partial charge in [-0.2, -0.15) is 0 Å². The topological polar surface area (TPSA) is 101 Å². The van der Waals surface area contributed by atoms with Crippen LogP contribution >= 0.6 is 15.9 Å². The van der Waals surface area contributed by atoms with Gasteiger partial charge in [-0.3, -0.25) is 4.79 Å². The predicted octanol–water partition coefficient (Wildman–Crippen LogP) is 1.30. The molecule has 1 aromatic rings. The third-order valence-corrected chi connectivity index (χ3v) is 3.04. The summed E-state index contributed by atoms with van der Waals surface area (Å²) in [5.74, 6) is 0.0761. The number of nitrogens with two attached hydrogens (primary N) is 1. The maximum Gasteiger partial charge on any atom is 0.287 e. The molecule has 1 amide bonds. The second kappa shape index (κ2) is 4.79. The number of halogens is 1. The highest BCUT2D eigenvalue weighted by atomic mass is 79.9. The second-order valence-corrected chi connectivity index (χ2v) is 4.70. The summed E-state index contributed by atoms with van der Waals surface area (Å²) in [6.07, 6.45) is 1.92. The number of furan rings is 1. The van der Waals surface area contributed by atoms with Crippen LogP contribution in [-0.2, 0) is 0 Å². The van der Waals surface area contributed by atoms with E-state index in [9.17, 15) is 4.79 Å². The molecule has 1 aliphatic rings. The lowest BCUT2D eigenvalue weighted by Gasteiger charge is -2.15. The van der Waals surface area contributed by atoms with Gasteiger partial charge in [0.25, 0.3) is 5.91 Å². The molecular formula is C10H12BrN3O3. The van der Waals surface area contributed by atoms with E-state index in [0.717, 1.165) is 12.8 Å². The van der Waals surface area contributed by atoms with Gasteiger partial charge in [-0.1, -0.05) is 5.16 Å². The van der Waals surface area contributed by atoms with Crippen LogP contribution in [0.5, 0.6) is 0 Å². The number of nitrogens with zero attached hydrogens (tertiary/aromatic N) is 1. The van der Waals surface area contributed by atoms with Crippen LogP contribution in [0.4, 0.5) is 0 Å². The third-order valence-electron chi connectivity index (χ3n) is 2.61. The van der Waals surface area contributed by atoms with Gasteiger partial charge < -0.3 is 20.7 Å². The van der Waals surface area contributed by atoms with Crippen molar-refractivity contribution >= 4 is 27.7 Å². The van der Waals surface area contributed by atoms with Crippen molar-refractivity contribution < 1.29 is 14.4 Å². The first-order valence-electron chi connectivity index (χ1n) is 5.15. The Kier molecular flexibility index (Phi) is 3.37. The number of oxime groups is 1. The fourth-order valence-corrected chi connectivity index (χ4v) is 1.88. The Morgan fingerprint density at radius 2 is 2.35 bits per heavy atom. The average molecular weight is 302 g/mol. The van der Waals surface area contributed by atoms with Crippen LogP contribution in [0, 0.1) is 5.92 Å². The number of hydrogen-bond donors (Lipinski definition) is 3. The van der Waals surface area contributed by atoms with Crippen LogP contribution in [0.25, 0.3) is 0 Å². The summed E-state index contributed by atoms with van der Waals surface area (Å²) >= 11 is 3.12. The molecule has 0 radical (unpaired) electrons. The lowest BCUT2D eigenvalue weighted by Crippen LogP contribution is -2.46. The van der Waals surface area contributed by atoms with Crippen molar-refractivity contribution in [1.29, 1.82) is 0 Å². The average Bonchev–Trinajstić information content (AvgIpc) is 3.06. The molecule has 6 nitrogen and oxygen atoms in total. The summed E-state index contributed by atoms with van der Waals surface area (Å²) in [5.41, 5.74) is 5.54. The van der Waals surface area contributed by atoms with Gasteiger partial charge in [0.15, 0.2) is 16.3 Å². The van der Waals surface area contributed by atoms with E-state index in [0.29, 0.717) is 4.67 Å². The van der Waals surface area contributed by atoms with Gasteiger partial charge in [0, 0.05) is 0 Å². The van der Waals surface area contributed by atoms with Gasteiger partial charge >= 0.3 is 0 Å². The second-order valence-electron chi connectivity index (χ2n) is 3.92. The molecule has 4 N–H and O–H groups in total. The number of rotatable bonds is 4. The fraction of sp³-hybridized carbons (Fsp3) is 0.400. The molecule has 0 aromatic carbocycles. The molecule has 92 valence electrons. The zero-order valence-electron chi connectivity index (χ0n) is 8.89. The lowest BCUT2D eigenvalue weighted by molar-refractivity contribution is 0.0913. The summed E-state index contributed by atoms with van der Waals surface area (Å²) in [6, 6.07) is 2.75. The van der Waals surface area contributed by atoms with Crippen molar-refractivity contribution in [1.82, 2.24) is 5.32 Å². The molecule has 1 aliphatic carbocycles. The van der Waals surface area contributed by atoms with Crippen molar-refractivity contribution in [2.45, 2.75) is 18.9 Å². The van der Waals surface area contributed by atoms with Crippen molar-refractivity contribution in [2.75, 3.05) is 0 Å². The molecule has 2 rings (SSSR count). The monoisotopic (exact) mass is 301 g/mol. The number of amides is 1. The van der Waals surface area contributed by atoms with Crippen molar-refractivity contribution in [2.24, 2.45) is 16.8 Å². The van der Waals surface area contributed by atoms with Crippen LogP contribution in [0.1, 0.15) is 23.4 Å². The molecule has 1 saturated carbocycles. The molecule has 1 unspecified atom stereocenters. The van der Waals surface area contributed by atoms with E-state index in [1.165, 1.54) is 0 Å². The van der Waals surface area contributed by atoms with E-state index in [1.54, 1.807) is 12.1 Å². The molecule has 17 heavy (non-hydrogen) atoms. The van der Waals surface area contributed by atoms with E-state index in [4.69, 9.17) is 15.4 Å². The highest BCUT2D eigenvalue weighted by Crippen LogP contribution is 2.32. The summed E-state index contributed by atoms with van der Waals surface area (Å²) in [4.78, 5) is 11.8. The van der Waals surface area contributed by atoms with Gasteiger partial charge in [-0.15, -0.1) is 0 Å². The Morgan fingerprint density at radius 3 is 2.82 bits per heavy atom. The van der Waals surface area contributed by atoms with Crippen molar-refractivity contribution in [3.8, 4) is 0 Å². The van der Waals surface area contributed by atoms with Crippen LogP contribution < -0.4 is 11.1 Å². The van der Waals surface area contributed by atoms with Crippen LogP contribution in [0.3, 0.4) is 0 Å². The van der Waals surface area contributed by atoms with Crippen molar-refractivity contribution in [3.63, 3.8) is 0 Å². The predicted molar refractivity (Wildman–Crippen MR) is 63.8 cm³/mol. The van der Waals surface area contributed by atoms with E-state index in [-0.39, 0.29) is 23.4 Å². The molecule has 0 bridgehead atoms. The van der Waals surface area contributed by atoms with Gasteiger partial charge in [-0.05, 0) is 46.8 Å². The molecule has 1 atom stereocenters. The molecule has 1 aromatic heterocycles. The fourth-order valence-electron chi connectivity index (χ4n) is 1.57. The molecule has 1 fully saturated rings. The van der Waals surface area contributed by atoms with E-state index < -0.39 is 6.04 Å². The Morgan fingerprint density at radius 1 is 1.65 bits per heavy atom. The SMILES string of the molecule is NC(=NO)C(NC(=O)c1ccc(Br)o1)C1CC1. The first-order chi connectivity index (χ1) is 8.11. The normalized spacial score (nSPS) is 17.8. The molecular weight excluding hydrogens is 290 g/mol. The number of carbonyl (C=O) groups is 1. The minimum atomic E-state index is -0.434. The first-order valence-corrected chi connectivity index (χ1v) is 5.94. The molecule has 0 aliphatic heterocycles. The first kappa shape index (κ1) is 12.0. The Hall–Kier alpha value is -1.50. The summed E-state index contributed by atoms with van der Waals surface area (Å²) in [6.45, 7) is 0. The third kappa shape index (κ3) is 2.79. The van der Waals surface area contributed by atoms with Crippen LogP contribution in [0.2, 0.25) is 0 Å². The Balaban J connectivity index is 2.05. The number of carbonyl (C=O) groups excluding carboxylic acids is 1. The zero-order chi connectivity index (χ0) is 12.4. The largest absolute Gasteiger partial charge is 0.444 e. The van der Waals surface area contributed by atoms with Gasteiger partial charge in [0.1, 0.15) is 0 Å². The Labute approximate surface area is 106 Å². The highest BCUT2D eigenvalue weighted by molar-refractivity contribution is 9.10. The smallest absolute Gasteiger partial charge is 0.287 e. The van der Waals surface area contributed by atoms with E-state index in [1.807, 2.05) is 0 Å². The quantitative estimate of drug-likeness (QED) is 0.338. The Bertz CT molecular complexity index is 453. The van der Waals surface area contributed by atoms with Crippen LogP contribution in [0.15, 0.2) is 26.4 Å². The van der Waals surface area contributed by atoms with Crippen molar-refractivity contribution in [3.05, 3.63) is 22.6 Å². The standard InChI is InChI=1S/C10H12BrN3O3/c11-7-4-3-6(17-7)10(15)13-8(5-1-2-5)9(12)14-16/h3-5,8,16H,1-2H2,(H2,12,14)(H,13,15). The summed E-state index contributed by atoms with van der Waals surface area (Å²) in [7, 11) is 0. The minimum absolute atomic E-state index is 0.0199. The van der Waals surface area contributed by atoms with Gasteiger partial charge in [0.2, 0.25) is 0 Å². The molecule has 1 heterocycles. The van der Waals surface area contributed by atoms with E-state index in [2.05, 4.69) is 26.4 Å². The highest BCUT2D eigenvalue weighted by Gasteiger charge is 2.35. The number of nitrogens with one attached hydrogen (secondary N) is 1. The number of amidine groups is 1. The summed E-state index contributed by atoms with van der Waals surface area (Å²) in [5, 5.41) is 14.3. The van der Waals surface area contributed by atoms with Gasteiger partial charge in [-0.25, -0.2) is 0 Å². The summed E-state index contributed by atoms with van der Waals surface area (Å²) < 4.78 is 5.60. The molecule has 7 heteroatoms.